The summed E-state index contributed by atoms with van der Waals surface area (Å²) >= 11 is 6.73. The number of hydrogen-bond acceptors (Lipinski definition) is 4. The van der Waals surface area contributed by atoms with Crippen molar-refractivity contribution in [3.05, 3.63) is 44.8 Å². The van der Waals surface area contributed by atoms with E-state index in [1.165, 1.54) is 18.2 Å². The molecule has 0 saturated carbocycles. The van der Waals surface area contributed by atoms with Gasteiger partial charge in [-0.3, -0.25) is 0 Å². The van der Waals surface area contributed by atoms with Crippen LogP contribution in [0, 0.1) is 0 Å². The molecule has 2 aromatic rings. The van der Waals surface area contributed by atoms with Crippen molar-refractivity contribution in [1.82, 2.24) is 0 Å². The van der Waals surface area contributed by atoms with Crippen LogP contribution in [0.25, 0.3) is 0 Å². The predicted molar refractivity (Wildman–Crippen MR) is 86.3 cm³/mol. The Balaban J connectivity index is 2.40. The van der Waals surface area contributed by atoms with Gasteiger partial charge in [-0.1, -0.05) is 0 Å². The van der Waals surface area contributed by atoms with Gasteiger partial charge < -0.3 is 20.3 Å². The topological polar surface area (TPSA) is 81.8 Å². The number of carboxylic acid groups (broad SMARTS) is 1. The van der Waals surface area contributed by atoms with Crippen LogP contribution in [-0.2, 0) is 0 Å². The molecule has 0 saturated heterocycles. The van der Waals surface area contributed by atoms with E-state index in [0.717, 1.165) is 0 Å². The molecule has 0 bridgehead atoms. The molecule has 5 nitrogen and oxygen atoms in total. The van der Waals surface area contributed by atoms with Crippen molar-refractivity contribution in [3.8, 4) is 17.2 Å². The van der Waals surface area contributed by atoms with E-state index in [1.54, 1.807) is 19.2 Å². The van der Waals surface area contributed by atoms with Gasteiger partial charge in [0, 0.05) is 0 Å². The Morgan fingerprint density at radius 2 is 1.71 bits per heavy atom. The van der Waals surface area contributed by atoms with E-state index in [9.17, 15) is 4.79 Å². The van der Waals surface area contributed by atoms with Crippen molar-refractivity contribution in [1.29, 1.82) is 0 Å². The summed E-state index contributed by atoms with van der Waals surface area (Å²) in [6, 6.07) is 7.73. The predicted octanol–water partition coefficient (Wildman–Crippen LogP) is 4.29. The SMILES string of the molecule is COc1cc(Br)c(Oc2cc(C(=O)O)ccc2N)cc1Br. The van der Waals surface area contributed by atoms with Crippen molar-refractivity contribution < 1.29 is 19.4 Å². The number of rotatable bonds is 4. The van der Waals surface area contributed by atoms with Gasteiger partial charge >= 0.3 is 5.97 Å². The summed E-state index contributed by atoms with van der Waals surface area (Å²) in [5.41, 5.74) is 6.26. The molecule has 0 fully saturated rings. The normalized spacial score (nSPS) is 10.2. The number of methoxy groups -OCH3 is 1. The fraction of sp³-hybridized carbons (Fsp3) is 0.0714. The molecular formula is C14H11Br2NO4. The highest BCUT2D eigenvalue weighted by Crippen LogP contribution is 2.39. The molecule has 0 aromatic heterocycles. The summed E-state index contributed by atoms with van der Waals surface area (Å²) in [6.07, 6.45) is 0. The standard InChI is InChI=1S/C14H11Br2NO4/c1-20-11-5-9(16)12(6-8(11)15)21-13-4-7(14(18)19)2-3-10(13)17/h2-6H,17H2,1H3,(H,18,19). The van der Waals surface area contributed by atoms with E-state index in [0.29, 0.717) is 26.1 Å². The number of benzene rings is 2. The Kier molecular flexibility index (Phi) is 4.74. The molecule has 0 amide bonds. The zero-order valence-corrected chi connectivity index (χ0v) is 14.1. The Morgan fingerprint density at radius 1 is 1.10 bits per heavy atom. The van der Waals surface area contributed by atoms with Gasteiger partial charge in [0.05, 0.1) is 27.3 Å². The second kappa shape index (κ2) is 6.36. The minimum absolute atomic E-state index is 0.0999. The molecule has 0 unspecified atom stereocenters. The average molecular weight is 417 g/mol. The average Bonchev–Trinajstić information content (AvgIpc) is 2.44. The van der Waals surface area contributed by atoms with E-state index < -0.39 is 5.97 Å². The van der Waals surface area contributed by atoms with E-state index >= 15 is 0 Å². The van der Waals surface area contributed by atoms with Gasteiger partial charge in [-0.15, -0.1) is 0 Å². The number of nitrogen functional groups attached to an aromatic ring is 1. The van der Waals surface area contributed by atoms with Gasteiger partial charge in [0.1, 0.15) is 11.5 Å². The second-order valence-corrected chi connectivity index (χ2v) is 5.79. The van der Waals surface area contributed by atoms with Gasteiger partial charge in [0.25, 0.3) is 0 Å². The number of ether oxygens (including phenoxy) is 2. The minimum atomic E-state index is -1.05. The molecule has 110 valence electrons. The Bertz CT molecular complexity index is 704. The maximum atomic E-state index is 11.0. The van der Waals surface area contributed by atoms with E-state index in [2.05, 4.69) is 31.9 Å². The number of hydrogen-bond donors (Lipinski definition) is 2. The highest BCUT2D eigenvalue weighted by molar-refractivity contribution is 9.11. The molecule has 0 heterocycles. The number of carbonyl (C=O) groups is 1. The number of anilines is 1. The van der Waals surface area contributed by atoms with Crippen LogP contribution in [0.4, 0.5) is 5.69 Å². The van der Waals surface area contributed by atoms with Crippen LogP contribution in [0.15, 0.2) is 39.3 Å². The number of carboxylic acids is 1. The van der Waals surface area contributed by atoms with Crippen LogP contribution in [0.1, 0.15) is 10.4 Å². The molecule has 2 rings (SSSR count). The molecular weight excluding hydrogens is 406 g/mol. The monoisotopic (exact) mass is 415 g/mol. The van der Waals surface area contributed by atoms with Crippen LogP contribution < -0.4 is 15.2 Å². The van der Waals surface area contributed by atoms with E-state index in [1.807, 2.05) is 0 Å². The van der Waals surface area contributed by atoms with Gasteiger partial charge in [-0.2, -0.15) is 0 Å². The molecule has 7 heteroatoms. The summed E-state index contributed by atoms with van der Waals surface area (Å²) in [7, 11) is 1.56. The van der Waals surface area contributed by atoms with E-state index in [-0.39, 0.29) is 11.3 Å². The van der Waals surface area contributed by atoms with Gasteiger partial charge in [0.2, 0.25) is 0 Å². The molecule has 3 N–H and O–H groups in total. The molecule has 0 spiro atoms. The lowest BCUT2D eigenvalue weighted by Crippen LogP contribution is -1.99. The van der Waals surface area contributed by atoms with Crippen LogP contribution in [0.2, 0.25) is 0 Å². The third-order valence-corrected chi connectivity index (χ3v) is 3.93. The van der Waals surface area contributed by atoms with Crippen molar-refractivity contribution in [3.63, 3.8) is 0 Å². The van der Waals surface area contributed by atoms with Crippen LogP contribution in [-0.4, -0.2) is 18.2 Å². The minimum Gasteiger partial charge on any atom is -0.496 e. The lowest BCUT2D eigenvalue weighted by molar-refractivity contribution is 0.0696. The molecule has 0 aliphatic rings. The summed E-state index contributed by atoms with van der Waals surface area (Å²) in [5.74, 6) is 0.348. The van der Waals surface area contributed by atoms with Crippen LogP contribution in [0.5, 0.6) is 17.2 Å². The first-order chi connectivity index (χ1) is 9.92. The van der Waals surface area contributed by atoms with Crippen molar-refractivity contribution in [2.45, 2.75) is 0 Å². The fourth-order valence-electron chi connectivity index (χ4n) is 1.62. The van der Waals surface area contributed by atoms with E-state index in [4.69, 9.17) is 20.3 Å². The zero-order chi connectivity index (χ0) is 15.6. The zero-order valence-electron chi connectivity index (χ0n) is 10.9. The smallest absolute Gasteiger partial charge is 0.335 e. The first kappa shape index (κ1) is 15.7. The van der Waals surface area contributed by atoms with Crippen LogP contribution >= 0.6 is 31.9 Å². The lowest BCUT2D eigenvalue weighted by Gasteiger charge is -2.13. The highest BCUT2D eigenvalue weighted by atomic mass is 79.9. The molecule has 0 atom stereocenters. The first-order valence-electron chi connectivity index (χ1n) is 5.76. The number of halogens is 2. The fourth-order valence-corrected chi connectivity index (χ4v) is 2.51. The maximum absolute atomic E-state index is 11.0. The third kappa shape index (κ3) is 3.48. The summed E-state index contributed by atoms with van der Waals surface area (Å²) < 4.78 is 12.2. The van der Waals surface area contributed by atoms with Gasteiger partial charge in [-0.25, -0.2) is 4.79 Å². The quantitative estimate of drug-likeness (QED) is 0.726. The van der Waals surface area contributed by atoms with Gasteiger partial charge in [0.15, 0.2) is 5.75 Å². The molecule has 2 aromatic carbocycles. The second-order valence-electron chi connectivity index (χ2n) is 4.08. The third-order valence-electron chi connectivity index (χ3n) is 2.69. The molecule has 0 radical (unpaired) electrons. The van der Waals surface area contributed by atoms with Crippen molar-refractivity contribution in [2.24, 2.45) is 0 Å². The van der Waals surface area contributed by atoms with Crippen molar-refractivity contribution >= 4 is 43.5 Å². The maximum Gasteiger partial charge on any atom is 0.335 e. The van der Waals surface area contributed by atoms with Gasteiger partial charge in [-0.05, 0) is 62.2 Å². The number of aromatic carboxylic acids is 1. The summed E-state index contributed by atoms with van der Waals surface area (Å²) in [5, 5.41) is 9.00. The molecule has 0 aliphatic carbocycles. The Hall–Kier alpha value is -1.73. The van der Waals surface area contributed by atoms with Crippen molar-refractivity contribution in [2.75, 3.05) is 12.8 Å². The first-order valence-corrected chi connectivity index (χ1v) is 7.34. The largest absolute Gasteiger partial charge is 0.496 e. The lowest BCUT2D eigenvalue weighted by atomic mass is 10.2. The Morgan fingerprint density at radius 3 is 2.33 bits per heavy atom. The highest BCUT2D eigenvalue weighted by Gasteiger charge is 2.12. The summed E-state index contributed by atoms with van der Waals surface area (Å²) in [6.45, 7) is 0. The number of nitrogens with two attached hydrogens (primary N) is 1. The molecule has 21 heavy (non-hydrogen) atoms. The van der Waals surface area contributed by atoms with Crippen LogP contribution in [0.3, 0.4) is 0 Å². The Labute approximate surface area is 137 Å². The summed E-state index contributed by atoms with van der Waals surface area (Å²) in [4.78, 5) is 11.0. The molecule has 0 aliphatic heterocycles.